The third-order valence-electron chi connectivity index (χ3n) is 6.76. The second-order valence-corrected chi connectivity index (χ2v) is 8.97. The average molecular weight is 437 g/mol. The Morgan fingerprint density at radius 3 is 2.39 bits per heavy atom. The van der Waals surface area contributed by atoms with Crippen LogP contribution in [0.3, 0.4) is 0 Å². The molecule has 1 saturated heterocycles. The van der Waals surface area contributed by atoms with E-state index in [1.807, 2.05) is 61.2 Å². The molecule has 2 aliphatic heterocycles. The predicted molar refractivity (Wildman–Crippen MR) is 130 cm³/mol. The highest BCUT2D eigenvalue weighted by molar-refractivity contribution is 5.96. The molecule has 1 amide bonds. The van der Waals surface area contributed by atoms with Crippen molar-refractivity contribution < 1.29 is 4.79 Å². The summed E-state index contributed by atoms with van der Waals surface area (Å²) < 4.78 is 0. The van der Waals surface area contributed by atoms with E-state index < -0.39 is 0 Å². The molecule has 2 aromatic rings. The first-order valence-corrected chi connectivity index (χ1v) is 11.6. The van der Waals surface area contributed by atoms with Crippen LogP contribution in [0, 0.1) is 29.6 Å². The molecule has 5 heteroatoms. The quantitative estimate of drug-likeness (QED) is 0.613. The third-order valence-corrected chi connectivity index (χ3v) is 6.76. The molecule has 0 spiro atoms. The fraction of sp³-hybridized carbons (Fsp3) is 0.357. The molecular formula is C28H28N4O. The van der Waals surface area contributed by atoms with Crippen LogP contribution in [0.2, 0.25) is 0 Å². The molecule has 0 bridgehead atoms. The topological polar surface area (TPSA) is 80.2 Å². The first-order chi connectivity index (χ1) is 16.0. The lowest BCUT2D eigenvalue weighted by Crippen LogP contribution is -2.38. The van der Waals surface area contributed by atoms with E-state index in [9.17, 15) is 10.1 Å². The molecule has 2 heterocycles. The Labute approximate surface area is 195 Å². The maximum atomic E-state index is 13.3. The molecule has 166 valence electrons. The number of benzene rings is 2. The van der Waals surface area contributed by atoms with E-state index in [1.165, 1.54) is 5.56 Å². The number of carbonyl (C=O) groups excluding carboxylic acids is 1. The number of aliphatic imine (C=N–C) groups is 1. The number of hydrogen-bond donors (Lipinski definition) is 0. The minimum absolute atomic E-state index is 0.0435. The van der Waals surface area contributed by atoms with E-state index in [0.29, 0.717) is 35.8 Å². The summed E-state index contributed by atoms with van der Waals surface area (Å²) in [6, 6.07) is 18.1. The zero-order chi connectivity index (χ0) is 23.4. The fourth-order valence-corrected chi connectivity index (χ4v) is 4.82. The molecule has 1 fully saturated rings. The van der Waals surface area contributed by atoms with Gasteiger partial charge in [-0.1, -0.05) is 18.2 Å². The lowest BCUT2D eigenvalue weighted by Gasteiger charge is -2.32. The van der Waals surface area contributed by atoms with Crippen LogP contribution in [0.25, 0.3) is 5.57 Å². The molecule has 2 aliphatic rings. The number of hydrogen-bond acceptors (Lipinski definition) is 4. The Morgan fingerprint density at radius 1 is 1.00 bits per heavy atom. The van der Waals surface area contributed by atoms with Crippen molar-refractivity contribution in [1.29, 1.82) is 10.5 Å². The molecule has 0 aliphatic carbocycles. The number of rotatable bonds is 3. The summed E-state index contributed by atoms with van der Waals surface area (Å²) >= 11 is 0. The molecule has 0 N–H and O–H groups in total. The Bertz CT molecular complexity index is 1200. The predicted octanol–water partition coefficient (Wildman–Crippen LogP) is 5.77. The third kappa shape index (κ3) is 4.89. The number of allylic oxidation sites excluding steroid dienone is 2. The summed E-state index contributed by atoms with van der Waals surface area (Å²) in [6.07, 6.45) is 4.46. The summed E-state index contributed by atoms with van der Waals surface area (Å²) in [5.41, 5.74) is 7.00. The number of amides is 1. The van der Waals surface area contributed by atoms with Crippen LogP contribution < -0.4 is 0 Å². The molecule has 0 atom stereocenters. The van der Waals surface area contributed by atoms with E-state index in [-0.39, 0.29) is 5.91 Å². The van der Waals surface area contributed by atoms with E-state index in [1.54, 1.807) is 0 Å². The van der Waals surface area contributed by atoms with Crippen molar-refractivity contribution in [2.24, 2.45) is 4.99 Å². The number of carbonyl (C=O) groups is 1. The molecule has 0 unspecified atom stereocenters. The van der Waals surface area contributed by atoms with Crippen molar-refractivity contribution >= 4 is 17.2 Å². The minimum atomic E-state index is 0.0435. The van der Waals surface area contributed by atoms with Crippen LogP contribution in [-0.4, -0.2) is 29.6 Å². The van der Waals surface area contributed by atoms with Gasteiger partial charge in [-0.05, 0) is 98.4 Å². The summed E-state index contributed by atoms with van der Waals surface area (Å²) in [5.74, 6) is 0.452. The molecular weight excluding hydrogens is 408 g/mol. The van der Waals surface area contributed by atoms with Crippen molar-refractivity contribution in [3.8, 4) is 12.1 Å². The summed E-state index contributed by atoms with van der Waals surface area (Å²) in [6.45, 7) is 5.41. The summed E-state index contributed by atoms with van der Waals surface area (Å²) in [4.78, 5) is 19.8. The summed E-state index contributed by atoms with van der Waals surface area (Å²) in [7, 11) is 0. The van der Waals surface area contributed by atoms with Crippen molar-refractivity contribution in [3.05, 3.63) is 76.0 Å². The molecule has 33 heavy (non-hydrogen) atoms. The van der Waals surface area contributed by atoms with Gasteiger partial charge in [0.05, 0.1) is 11.6 Å². The van der Waals surface area contributed by atoms with E-state index in [4.69, 9.17) is 5.26 Å². The molecule has 5 nitrogen and oxygen atoms in total. The normalized spacial score (nSPS) is 17.1. The Hall–Kier alpha value is -3.70. The van der Waals surface area contributed by atoms with Gasteiger partial charge in [0.1, 0.15) is 11.8 Å². The minimum Gasteiger partial charge on any atom is -0.339 e. The zero-order valence-electron chi connectivity index (χ0n) is 19.3. The van der Waals surface area contributed by atoms with Gasteiger partial charge in [0.2, 0.25) is 0 Å². The van der Waals surface area contributed by atoms with Gasteiger partial charge in [-0.2, -0.15) is 10.5 Å². The van der Waals surface area contributed by atoms with Crippen LogP contribution >= 0.6 is 0 Å². The fourth-order valence-electron chi connectivity index (χ4n) is 4.82. The molecule has 0 saturated carbocycles. The first kappa shape index (κ1) is 22.5. The van der Waals surface area contributed by atoms with E-state index in [0.717, 1.165) is 54.5 Å². The van der Waals surface area contributed by atoms with Crippen LogP contribution in [0.4, 0.5) is 0 Å². The van der Waals surface area contributed by atoms with Gasteiger partial charge in [-0.15, -0.1) is 0 Å². The molecule has 0 radical (unpaired) electrons. The van der Waals surface area contributed by atoms with Gasteiger partial charge in [0, 0.05) is 24.4 Å². The SMILES string of the molecule is CC1=NC(C#N)=C(c2cc(C(=O)N3CCC(c4ccc(C#N)cc4)CC3)ccc2C)CCC1. The van der Waals surface area contributed by atoms with Crippen LogP contribution in [0.1, 0.15) is 77.6 Å². The second kappa shape index (κ2) is 9.84. The van der Waals surface area contributed by atoms with Crippen molar-refractivity contribution in [3.63, 3.8) is 0 Å². The second-order valence-electron chi connectivity index (χ2n) is 8.97. The molecule has 4 rings (SSSR count). The Kier molecular flexibility index (Phi) is 6.71. The highest BCUT2D eigenvalue weighted by atomic mass is 16.2. The van der Waals surface area contributed by atoms with Gasteiger partial charge in [-0.25, -0.2) is 4.99 Å². The van der Waals surface area contributed by atoms with Gasteiger partial charge >= 0.3 is 0 Å². The van der Waals surface area contributed by atoms with Crippen molar-refractivity contribution in [1.82, 2.24) is 4.90 Å². The monoisotopic (exact) mass is 436 g/mol. The Balaban J connectivity index is 1.52. The lowest BCUT2D eigenvalue weighted by molar-refractivity contribution is 0.0713. The zero-order valence-corrected chi connectivity index (χ0v) is 19.3. The molecule has 0 aromatic heterocycles. The maximum absolute atomic E-state index is 13.3. The van der Waals surface area contributed by atoms with Crippen LogP contribution in [-0.2, 0) is 0 Å². The summed E-state index contributed by atoms with van der Waals surface area (Å²) in [5, 5.41) is 18.7. The number of nitriles is 2. The first-order valence-electron chi connectivity index (χ1n) is 11.6. The highest BCUT2D eigenvalue weighted by Crippen LogP contribution is 2.32. The molecule has 2 aromatic carbocycles. The highest BCUT2D eigenvalue weighted by Gasteiger charge is 2.25. The van der Waals surface area contributed by atoms with Gasteiger partial charge in [0.25, 0.3) is 5.91 Å². The average Bonchev–Trinajstić information content (AvgIpc) is 3.05. The van der Waals surface area contributed by atoms with Crippen LogP contribution in [0.15, 0.2) is 53.2 Å². The van der Waals surface area contributed by atoms with Crippen molar-refractivity contribution in [2.45, 2.75) is 51.9 Å². The lowest BCUT2D eigenvalue weighted by atomic mass is 9.88. The number of aryl methyl sites for hydroxylation is 1. The van der Waals surface area contributed by atoms with Crippen LogP contribution in [0.5, 0.6) is 0 Å². The van der Waals surface area contributed by atoms with E-state index >= 15 is 0 Å². The standard InChI is InChI=1S/C28H28N4O/c1-19-6-9-24(16-26(19)25-5-3-4-20(2)31-27(25)18-30)28(33)32-14-12-23(13-15-32)22-10-7-21(17-29)8-11-22/h6-11,16,23H,3-5,12-15H2,1-2H3. The largest absolute Gasteiger partial charge is 0.339 e. The van der Waals surface area contributed by atoms with E-state index in [2.05, 4.69) is 17.1 Å². The van der Waals surface area contributed by atoms with Gasteiger partial charge in [0.15, 0.2) is 0 Å². The maximum Gasteiger partial charge on any atom is 0.253 e. The number of nitrogens with zero attached hydrogens (tertiary/aromatic N) is 4. The van der Waals surface area contributed by atoms with Gasteiger partial charge < -0.3 is 4.90 Å². The Morgan fingerprint density at radius 2 is 1.73 bits per heavy atom. The number of likely N-dealkylation sites (tertiary alicyclic amines) is 1. The van der Waals surface area contributed by atoms with Gasteiger partial charge in [-0.3, -0.25) is 4.79 Å². The number of piperidine rings is 1. The smallest absolute Gasteiger partial charge is 0.253 e. The van der Waals surface area contributed by atoms with Crippen molar-refractivity contribution in [2.75, 3.05) is 13.1 Å².